The number of ketones is 1. The molecule has 42 heavy (non-hydrogen) atoms. The number of hydrogen-bond donors (Lipinski definition) is 1. The van der Waals surface area contributed by atoms with Gasteiger partial charge >= 0.3 is 0 Å². The molecule has 2 N–H and O–H groups in total. The van der Waals surface area contributed by atoms with Gasteiger partial charge in [0.25, 0.3) is 0 Å². The van der Waals surface area contributed by atoms with Crippen molar-refractivity contribution in [2.45, 2.75) is 68.7 Å². The molecule has 8 nitrogen and oxygen atoms in total. The topological polar surface area (TPSA) is 86.5 Å². The van der Waals surface area contributed by atoms with E-state index in [0.717, 1.165) is 57.7 Å². The molecule has 4 saturated heterocycles. The fraction of sp³-hybridized carbons (Fsp3) is 0.594. The molecule has 0 aliphatic carbocycles. The third-order valence-corrected chi connectivity index (χ3v) is 8.48. The summed E-state index contributed by atoms with van der Waals surface area (Å²) in [5, 5.41) is 0. The lowest BCUT2D eigenvalue weighted by Crippen LogP contribution is -2.59. The minimum absolute atomic E-state index is 0.232. The molecule has 6 rings (SSSR count). The van der Waals surface area contributed by atoms with Crippen LogP contribution in [0.1, 0.15) is 38.5 Å². The van der Waals surface area contributed by atoms with E-state index in [9.17, 15) is 13.6 Å². The van der Waals surface area contributed by atoms with Gasteiger partial charge in [0.1, 0.15) is 28.9 Å². The number of hydrogen-bond acceptors (Lipinski definition) is 8. The Morgan fingerprint density at radius 3 is 1.55 bits per heavy atom. The molecular weight excluding hydrogens is 544 g/mol. The van der Waals surface area contributed by atoms with Gasteiger partial charge in [-0.25, -0.2) is 8.78 Å². The van der Waals surface area contributed by atoms with Crippen molar-refractivity contribution in [3.05, 3.63) is 60.2 Å². The second-order valence-corrected chi connectivity index (χ2v) is 11.7. The molecule has 4 aliphatic heterocycles. The van der Waals surface area contributed by atoms with Gasteiger partial charge in [-0.1, -0.05) is 0 Å². The smallest absolute Gasteiger partial charge is 0.136 e. The van der Waals surface area contributed by atoms with Gasteiger partial charge < -0.3 is 24.7 Å². The van der Waals surface area contributed by atoms with Crippen molar-refractivity contribution in [3.63, 3.8) is 0 Å². The van der Waals surface area contributed by atoms with E-state index < -0.39 is 0 Å². The van der Waals surface area contributed by atoms with Crippen molar-refractivity contribution in [2.24, 2.45) is 5.73 Å². The number of ether oxygens (including phenoxy) is 4. The predicted octanol–water partition coefficient (Wildman–Crippen LogP) is 3.81. The van der Waals surface area contributed by atoms with E-state index in [4.69, 9.17) is 24.7 Å². The summed E-state index contributed by atoms with van der Waals surface area (Å²) >= 11 is 0. The lowest BCUT2D eigenvalue weighted by Gasteiger charge is -2.47. The van der Waals surface area contributed by atoms with Crippen LogP contribution in [0.2, 0.25) is 0 Å². The highest BCUT2D eigenvalue weighted by molar-refractivity contribution is 5.80. The highest BCUT2D eigenvalue weighted by Crippen LogP contribution is 2.27. The van der Waals surface area contributed by atoms with Gasteiger partial charge in [-0.05, 0) is 74.2 Å². The summed E-state index contributed by atoms with van der Waals surface area (Å²) in [6.07, 6.45) is 5.10. The molecule has 4 heterocycles. The molecule has 2 unspecified atom stereocenters. The van der Waals surface area contributed by atoms with Gasteiger partial charge in [0.15, 0.2) is 0 Å². The lowest BCUT2D eigenvalue weighted by atomic mass is 9.90. The molecule has 230 valence electrons. The van der Waals surface area contributed by atoms with E-state index in [1.165, 1.54) is 24.3 Å². The molecule has 2 aromatic carbocycles. The Bertz CT molecular complexity index is 1090. The first kappa shape index (κ1) is 30.8. The Balaban J connectivity index is 0.000000168. The first-order chi connectivity index (χ1) is 20.4. The first-order valence-electron chi connectivity index (χ1n) is 15.2. The Morgan fingerprint density at radius 2 is 1.10 bits per heavy atom. The second kappa shape index (κ2) is 15.2. The van der Waals surface area contributed by atoms with Crippen molar-refractivity contribution < 1.29 is 32.5 Å². The first-order valence-corrected chi connectivity index (χ1v) is 15.2. The van der Waals surface area contributed by atoms with Crippen LogP contribution in [0, 0.1) is 11.6 Å². The standard InChI is InChI=1S/C16H23FN2O2.C16H20FNO3/c17-12-2-4-16(5-3-12)21-7-1-6-19-14-8-13(18)9-15(19)11-20-10-14;17-12-2-4-16(5-3-12)21-7-1-6-18-13-8-15(19)9-14(18)11-20-10-13/h2-5,13-15H,1,6-11,18H2;2-5,13-14H,1,6-11H2/t13-,14-,15+;. The van der Waals surface area contributed by atoms with Crippen LogP contribution in [0.3, 0.4) is 0 Å². The number of rotatable bonds is 10. The van der Waals surface area contributed by atoms with Gasteiger partial charge in [0.2, 0.25) is 0 Å². The van der Waals surface area contributed by atoms with Crippen LogP contribution >= 0.6 is 0 Å². The molecule has 4 fully saturated rings. The monoisotopic (exact) mass is 587 g/mol. The summed E-state index contributed by atoms with van der Waals surface area (Å²) in [6, 6.07) is 13.9. The van der Waals surface area contributed by atoms with Crippen molar-refractivity contribution in [3.8, 4) is 11.5 Å². The van der Waals surface area contributed by atoms with E-state index in [1.807, 2.05) is 0 Å². The number of nitrogens with two attached hydrogens (primary N) is 1. The number of piperidine rings is 2. The van der Waals surface area contributed by atoms with Crippen LogP contribution in [0.25, 0.3) is 0 Å². The number of fused-ring (bicyclic) bond motifs is 4. The number of carbonyl (C=O) groups is 1. The molecule has 2 aromatic rings. The average molecular weight is 588 g/mol. The van der Waals surface area contributed by atoms with Gasteiger partial charge in [0, 0.05) is 56.1 Å². The Hall–Kier alpha value is -2.63. The van der Waals surface area contributed by atoms with Gasteiger partial charge in [0.05, 0.1) is 39.6 Å². The quantitative estimate of drug-likeness (QED) is 0.420. The van der Waals surface area contributed by atoms with E-state index >= 15 is 0 Å². The molecule has 0 saturated carbocycles. The SMILES string of the molecule is N[C@H]1C[C@H]2COC[C@@H](C1)N2CCCOc1ccc(F)cc1.O=C1CC2COCC(C1)N2CCCOc1ccc(F)cc1. The zero-order chi connectivity index (χ0) is 29.3. The molecule has 10 heteroatoms. The molecule has 4 aliphatic rings. The minimum Gasteiger partial charge on any atom is -0.494 e. The van der Waals surface area contributed by atoms with E-state index in [1.54, 1.807) is 24.3 Å². The van der Waals surface area contributed by atoms with Crippen molar-refractivity contribution in [1.82, 2.24) is 9.80 Å². The van der Waals surface area contributed by atoms with Crippen LogP contribution in [0.15, 0.2) is 48.5 Å². The molecule has 0 aromatic heterocycles. The predicted molar refractivity (Wildman–Crippen MR) is 155 cm³/mol. The number of halogens is 2. The number of carbonyl (C=O) groups excluding carboxylic acids is 1. The summed E-state index contributed by atoms with van der Waals surface area (Å²) in [7, 11) is 0. The Kier molecular flexibility index (Phi) is 11.2. The number of Topliss-reactive ketones (excluding diaryl/α,β-unsaturated/α-hetero) is 1. The normalized spacial score (nSPS) is 27.6. The molecule has 5 atom stereocenters. The van der Waals surface area contributed by atoms with Gasteiger partial charge in [-0.2, -0.15) is 0 Å². The summed E-state index contributed by atoms with van der Waals surface area (Å²) in [5.74, 6) is 1.27. The van der Waals surface area contributed by atoms with Crippen LogP contribution in [0.5, 0.6) is 11.5 Å². The zero-order valence-corrected chi connectivity index (χ0v) is 24.2. The summed E-state index contributed by atoms with van der Waals surface area (Å²) in [4.78, 5) is 16.5. The number of morpholine rings is 2. The maximum atomic E-state index is 12.8. The molecule has 0 spiro atoms. The van der Waals surface area contributed by atoms with Crippen molar-refractivity contribution >= 4 is 5.78 Å². The lowest BCUT2D eigenvalue weighted by molar-refractivity contribution is -0.135. The number of nitrogens with zero attached hydrogens (tertiary/aromatic N) is 2. The third kappa shape index (κ3) is 8.70. The van der Waals surface area contributed by atoms with E-state index in [-0.39, 0.29) is 23.7 Å². The van der Waals surface area contributed by atoms with E-state index in [0.29, 0.717) is 68.9 Å². The number of benzene rings is 2. The molecule has 0 radical (unpaired) electrons. The highest BCUT2D eigenvalue weighted by Gasteiger charge is 2.38. The third-order valence-electron chi connectivity index (χ3n) is 8.48. The van der Waals surface area contributed by atoms with Crippen LogP contribution < -0.4 is 15.2 Å². The van der Waals surface area contributed by atoms with Gasteiger partial charge in [-0.3, -0.25) is 14.6 Å². The van der Waals surface area contributed by atoms with Crippen molar-refractivity contribution in [1.29, 1.82) is 0 Å². The maximum Gasteiger partial charge on any atom is 0.136 e. The Morgan fingerprint density at radius 1 is 0.690 bits per heavy atom. The van der Waals surface area contributed by atoms with Crippen LogP contribution in [-0.2, 0) is 14.3 Å². The van der Waals surface area contributed by atoms with Crippen LogP contribution in [-0.4, -0.2) is 98.5 Å². The molecule has 4 bridgehead atoms. The van der Waals surface area contributed by atoms with E-state index in [2.05, 4.69) is 9.80 Å². The van der Waals surface area contributed by atoms with Gasteiger partial charge in [-0.15, -0.1) is 0 Å². The minimum atomic E-state index is -0.256. The largest absolute Gasteiger partial charge is 0.494 e. The summed E-state index contributed by atoms with van der Waals surface area (Å²) in [5.41, 5.74) is 6.09. The average Bonchev–Trinajstić information content (AvgIpc) is 2.96. The fourth-order valence-electron chi connectivity index (χ4n) is 6.49. The zero-order valence-electron chi connectivity index (χ0n) is 24.2. The molecular formula is C32H43F2N3O5. The second-order valence-electron chi connectivity index (χ2n) is 11.7. The Labute approximate surface area is 247 Å². The highest BCUT2D eigenvalue weighted by atomic mass is 19.1. The molecule has 0 amide bonds. The summed E-state index contributed by atoms with van der Waals surface area (Å²) < 4.78 is 48.0. The fourth-order valence-corrected chi connectivity index (χ4v) is 6.49. The maximum absolute atomic E-state index is 12.8. The van der Waals surface area contributed by atoms with Crippen LogP contribution in [0.4, 0.5) is 8.78 Å². The van der Waals surface area contributed by atoms with Crippen molar-refractivity contribution in [2.75, 3.05) is 52.7 Å². The summed E-state index contributed by atoms with van der Waals surface area (Å²) in [6.45, 7) is 6.05.